The summed E-state index contributed by atoms with van der Waals surface area (Å²) >= 11 is 0. The molecule has 0 amide bonds. The Kier molecular flexibility index (Phi) is 6.22. The fourth-order valence-corrected chi connectivity index (χ4v) is 2.17. The summed E-state index contributed by atoms with van der Waals surface area (Å²) in [6, 6.07) is 4.79. The molecule has 0 N–H and O–H groups in total. The molecule has 0 spiro atoms. The Morgan fingerprint density at radius 1 is 1.32 bits per heavy atom. The molecule has 0 unspecified atom stereocenters. The maximum absolute atomic E-state index is 13.1. The van der Waals surface area contributed by atoms with E-state index in [1.807, 2.05) is 32.7 Å². The van der Waals surface area contributed by atoms with E-state index in [0.29, 0.717) is 11.1 Å². The van der Waals surface area contributed by atoms with Gasteiger partial charge in [-0.05, 0) is 50.1 Å². The molecule has 132 valence electrons. The Hall–Kier alpha value is -2.76. The van der Waals surface area contributed by atoms with Gasteiger partial charge >= 0.3 is 5.97 Å². The summed E-state index contributed by atoms with van der Waals surface area (Å²) in [7, 11) is 1.94. The van der Waals surface area contributed by atoms with Crippen LogP contribution in [0.4, 0.5) is 10.1 Å². The number of hydrogen-bond donors (Lipinski definition) is 0. The summed E-state index contributed by atoms with van der Waals surface area (Å²) in [5.41, 5.74) is 3.53. The first kappa shape index (κ1) is 18.6. The third-order valence-electron chi connectivity index (χ3n) is 4.00. The van der Waals surface area contributed by atoms with Crippen LogP contribution in [0.2, 0.25) is 0 Å². The lowest BCUT2D eigenvalue weighted by molar-refractivity contribution is 0.0471. The molecule has 0 fully saturated rings. The maximum atomic E-state index is 13.1. The molecule has 5 nitrogen and oxygen atoms in total. The Labute approximate surface area is 147 Å². The number of pyridine rings is 1. The first-order chi connectivity index (χ1) is 11.9. The van der Waals surface area contributed by atoms with Gasteiger partial charge in [0.2, 0.25) is 0 Å². The van der Waals surface area contributed by atoms with Crippen LogP contribution >= 0.6 is 0 Å². The number of esters is 1. The number of benzene rings is 1. The van der Waals surface area contributed by atoms with Crippen LogP contribution in [0.1, 0.15) is 34.0 Å². The summed E-state index contributed by atoms with van der Waals surface area (Å²) in [4.78, 5) is 22.5. The fourth-order valence-electron chi connectivity index (χ4n) is 2.17. The lowest BCUT2D eigenvalue weighted by atomic mass is 10.0. The van der Waals surface area contributed by atoms with E-state index in [2.05, 4.69) is 9.98 Å². The molecule has 0 aliphatic carbocycles. The molecular formula is C19H22FN3O2. The van der Waals surface area contributed by atoms with Crippen LogP contribution in [-0.2, 0) is 11.3 Å². The molecule has 0 bridgehead atoms. The molecule has 0 saturated carbocycles. The summed E-state index contributed by atoms with van der Waals surface area (Å²) in [5, 5.41) is 0. The van der Waals surface area contributed by atoms with Gasteiger partial charge in [0.25, 0.3) is 0 Å². The predicted molar refractivity (Wildman–Crippen MR) is 95.7 cm³/mol. The molecule has 6 heteroatoms. The average Bonchev–Trinajstić information content (AvgIpc) is 2.60. The van der Waals surface area contributed by atoms with Crippen LogP contribution in [0, 0.1) is 19.7 Å². The molecule has 0 radical (unpaired) electrons. The standard InChI is InChI=1S/C19H22FN3O2/c1-5-23(4)12-22-18-7-6-17(13(2)14(18)3)19(24)25-11-15-8-16(20)10-21-9-15/h6-10,12H,5,11H2,1-4H3. The molecule has 1 heterocycles. The Morgan fingerprint density at radius 2 is 2.08 bits per heavy atom. The molecule has 0 saturated heterocycles. The zero-order valence-electron chi connectivity index (χ0n) is 14.9. The van der Waals surface area contributed by atoms with E-state index in [0.717, 1.165) is 29.6 Å². The highest BCUT2D eigenvalue weighted by atomic mass is 19.1. The van der Waals surface area contributed by atoms with Crippen molar-refractivity contribution in [3.8, 4) is 0 Å². The van der Waals surface area contributed by atoms with Gasteiger partial charge in [0.15, 0.2) is 0 Å². The topological polar surface area (TPSA) is 54.8 Å². The largest absolute Gasteiger partial charge is 0.457 e. The summed E-state index contributed by atoms with van der Waals surface area (Å²) in [6.07, 6.45) is 4.33. The van der Waals surface area contributed by atoms with Crippen molar-refractivity contribution in [3.05, 3.63) is 58.7 Å². The van der Waals surface area contributed by atoms with Crippen molar-refractivity contribution >= 4 is 18.0 Å². The molecule has 2 aromatic rings. The summed E-state index contributed by atoms with van der Waals surface area (Å²) in [5.74, 6) is -0.911. The minimum absolute atomic E-state index is 0.0245. The first-order valence-corrected chi connectivity index (χ1v) is 8.03. The van der Waals surface area contributed by atoms with Gasteiger partial charge < -0.3 is 9.64 Å². The number of hydrogen-bond acceptors (Lipinski definition) is 4. The molecular weight excluding hydrogens is 321 g/mol. The third kappa shape index (κ3) is 4.86. The number of carbonyl (C=O) groups excluding carboxylic acids is 1. The number of nitrogens with zero attached hydrogens (tertiary/aromatic N) is 3. The highest BCUT2D eigenvalue weighted by Crippen LogP contribution is 2.25. The van der Waals surface area contributed by atoms with Crippen molar-refractivity contribution in [3.63, 3.8) is 0 Å². The number of aromatic nitrogens is 1. The number of halogens is 1. The van der Waals surface area contributed by atoms with E-state index in [4.69, 9.17) is 4.74 Å². The summed E-state index contributed by atoms with van der Waals surface area (Å²) < 4.78 is 18.4. The lowest BCUT2D eigenvalue weighted by Gasteiger charge is -2.12. The fraction of sp³-hybridized carbons (Fsp3) is 0.316. The van der Waals surface area contributed by atoms with E-state index in [1.165, 1.54) is 12.3 Å². The molecule has 0 atom stereocenters. The van der Waals surface area contributed by atoms with Crippen molar-refractivity contribution in [2.24, 2.45) is 4.99 Å². The van der Waals surface area contributed by atoms with Gasteiger partial charge in [0.05, 0.1) is 23.8 Å². The number of rotatable bonds is 6. The van der Waals surface area contributed by atoms with Gasteiger partial charge in [-0.1, -0.05) is 0 Å². The Morgan fingerprint density at radius 3 is 2.76 bits per heavy atom. The van der Waals surface area contributed by atoms with Crippen LogP contribution in [0.15, 0.2) is 35.6 Å². The van der Waals surface area contributed by atoms with Gasteiger partial charge in [-0.25, -0.2) is 14.2 Å². The highest BCUT2D eigenvalue weighted by molar-refractivity contribution is 5.92. The minimum atomic E-state index is -0.458. The molecule has 25 heavy (non-hydrogen) atoms. The highest BCUT2D eigenvalue weighted by Gasteiger charge is 2.14. The maximum Gasteiger partial charge on any atom is 0.338 e. The van der Waals surface area contributed by atoms with Gasteiger partial charge in [0.1, 0.15) is 12.4 Å². The van der Waals surface area contributed by atoms with Gasteiger partial charge in [-0.3, -0.25) is 4.98 Å². The van der Waals surface area contributed by atoms with Gasteiger partial charge in [0, 0.05) is 25.4 Å². The van der Waals surface area contributed by atoms with E-state index < -0.39 is 11.8 Å². The van der Waals surface area contributed by atoms with Gasteiger partial charge in [-0.2, -0.15) is 0 Å². The predicted octanol–water partition coefficient (Wildman–Crippen LogP) is 3.81. The zero-order chi connectivity index (χ0) is 18.4. The molecule has 0 aliphatic rings. The zero-order valence-corrected chi connectivity index (χ0v) is 14.9. The second kappa shape index (κ2) is 8.37. The second-order valence-corrected chi connectivity index (χ2v) is 5.79. The smallest absolute Gasteiger partial charge is 0.338 e. The van der Waals surface area contributed by atoms with Crippen LogP contribution in [-0.4, -0.2) is 35.8 Å². The van der Waals surface area contributed by atoms with E-state index in [1.54, 1.807) is 18.5 Å². The van der Waals surface area contributed by atoms with E-state index >= 15 is 0 Å². The number of ether oxygens (including phenoxy) is 1. The SMILES string of the molecule is CCN(C)C=Nc1ccc(C(=O)OCc2cncc(F)c2)c(C)c1C. The monoisotopic (exact) mass is 343 g/mol. The minimum Gasteiger partial charge on any atom is -0.457 e. The second-order valence-electron chi connectivity index (χ2n) is 5.79. The lowest BCUT2D eigenvalue weighted by Crippen LogP contribution is -2.14. The van der Waals surface area contributed by atoms with Crippen molar-refractivity contribution in [2.75, 3.05) is 13.6 Å². The van der Waals surface area contributed by atoms with Crippen LogP contribution < -0.4 is 0 Å². The molecule has 1 aromatic carbocycles. The first-order valence-electron chi connectivity index (χ1n) is 8.03. The average molecular weight is 343 g/mol. The number of carbonyl (C=O) groups is 1. The molecule has 1 aromatic heterocycles. The van der Waals surface area contributed by atoms with Gasteiger partial charge in [-0.15, -0.1) is 0 Å². The molecule has 0 aliphatic heterocycles. The normalized spacial score (nSPS) is 10.9. The Bertz CT molecular complexity index is 790. The van der Waals surface area contributed by atoms with Crippen molar-refractivity contribution in [1.82, 2.24) is 9.88 Å². The summed E-state index contributed by atoms with van der Waals surface area (Å²) in [6.45, 7) is 6.65. The van der Waals surface area contributed by atoms with E-state index in [9.17, 15) is 9.18 Å². The molecule has 2 rings (SSSR count). The van der Waals surface area contributed by atoms with E-state index in [-0.39, 0.29) is 6.61 Å². The number of aliphatic imine (C=N–C) groups is 1. The quantitative estimate of drug-likeness (QED) is 0.455. The van der Waals surface area contributed by atoms with Crippen LogP contribution in [0.25, 0.3) is 0 Å². The van der Waals surface area contributed by atoms with Crippen molar-refractivity contribution in [1.29, 1.82) is 0 Å². The van der Waals surface area contributed by atoms with Crippen molar-refractivity contribution < 1.29 is 13.9 Å². The van der Waals surface area contributed by atoms with Crippen LogP contribution in [0.5, 0.6) is 0 Å². The third-order valence-corrected chi connectivity index (χ3v) is 4.00. The van der Waals surface area contributed by atoms with Crippen molar-refractivity contribution in [2.45, 2.75) is 27.4 Å². The van der Waals surface area contributed by atoms with Crippen LogP contribution in [0.3, 0.4) is 0 Å². The Balaban J connectivity index is 2.12.